The third-order valence-electron chi connectivity index (χ3n) is 2.65. The van der Waals surface area contributed by atoms with Gasteiger partial charge in [0.05, 0.1) is 6.61 Å². The summed E-state index contributed by atoms with van der Waals surface area (Å²) >= 11 is 0. The second-order valence-corrected chi connectivity index (χ2v) is 4.45. The van der Waals surface area contributed by atoms with Gasteiger partial charge in [0.1, 0.15) is 0 Å². The molecule has 1 atom stereocenters. The van der Waals surface area contributed by atoms with Crippen molar-refractivity contribution in [2.24, 2.45) is 5.92 Å². The van der Waals surface area contributed by atoms with Crippen LogP contribution in [0.3, 0.4) is 0 Å². The molecule has 0 aromatic heterocycles. The van der Waals surface area contributed by atoms with Crippen LogP contribution in [-0.4, -0.2) is 55.4 Å². The molecule has 0 aliphatic heterocycles. The van der Waals surface area contributed by atoms with Gasteiger partial charge in [-0.15, -0.1) is 6.58 Å². The van der Waals surface area contributed by atoms with Crippen molar-refractivity contribution in [3.05, 3.63) is 12.7 Å². The van der Waals surface area contributed by atoms with Gasteiger partial charge in [0.15, 0.2) is 0 Å². The van der Waals surface area contributed by atoms with Crippen molar-refractivity contribution in [2.45, 2.75) is 19.8 Å². The number of hydrogen-bond acceptors (Lipinski definition) is 3. The topological polar surface area (TPSA) is 78.9 Å². The van der Waals surface area contributed by atoms with Crippen molar-refractivity contribution < 1.29 is 19.4 Å². The highest BCUT2D eigenvalue weighted by Gasteiger charge is 2.13. The molecule has 0 rings (SSSR count). The summed E-state index contributed by atoms with van der Waals surface area (Å²) in [7, 11) is 1.58. The minimum absolute atomic E-state index is 0.122. The zero-order valence-electron chi connectivity index (χ0n) is 11.7. The Balaban J connectivity index is 4.02. The molecule has 0 fully saturated rings. The fraction of sp³-hybridized carbons (Fsp3) is 0.692. The molecule has 0 aromatic carbocycles. The molecule has 0 aromatic rings. The van der Waals surface area contributed by atoms with Crippen LogP contribution in [0.2, 0.25) is 0 Å². The second-order valence-electron chi connectivity index (χ2n) is 4.45. The number of nitrogens with zero attached hydrogens (tertiary/aromatic N) is 1. The van der Waals surface area contributed by atoms with Gasteiger partial charge < -0.3 is 20.1 Å². The second kappa shape index (κ2) is 10.4. The van der Waals surface area contributed by atoms with Crippen molar-refractivity contribution in [1.29, 1.82) is 0 Å². The number of ether oxygens (including phenoxy) is 1. The molecule has 0 aliphatic rings. The van der Waals surface area contributed by atoms with Crippen LogP contribution >= 0.6 is 0 Å². The van der Waals surface area contributed by atoms with Crippen LogP contribution in [0.5, 0.6) is 0 Å². The van der Waals surface area contributed by atoms with Crippen LogP contribution in [0, 0.1) is 5.92 Å². The van der Waals surface area contributed by atoms with Gasteiger partial charge >= 0.3 is 12.0 Å². The van der Waals surface area contributed by atoms with E-state index in [0.717, 1.165) is 0 Å². The van der Waals surface area contributed by atoms with E-state index in [4.69, 9.17) is 9.84 Å². The molecule has 1 unspecified atom stereocenters. The maximum absolute atomic E-state index is 11.9. The minimum atomic E-state index is -0.813. The lowest BCUT2D eigenvalue weighted by Gasteiger charge is -2.22. The van der Waals surface area contributed by atoms with Crippen molar-refractivity contribution in [1.82, 2.24) is 10.2 Å². The predicted molar refractivity (Wildman–Crippen MR) is 73.1 cm³/mol. The lowest BCUT2D eigenvalue weighted by atomic mass is 10.1. The zero-order valence-corrected chi connectivity index (χ0v) is 11.7. The summed E-state index contributed by atoms with van der Waals surface area (Å²) in [5.74, 6) is -0.681. The first-order valence-electron chi connectivity index (χ1n) is 6.35. The standard InChI is InChI=1S/C13H24N2O4/c1-4-7-15(8-9-19-3)13(18)14-10-11(2)5-6-12(16)17/h4,11H,1,5-10H2,2-3H3,(H,14,18)(H,16,17). The van der Waals surface area contributed by atoms with Crippen LogP contribution in [0.25, 0.3) is 0 Å². The average molecular weight is 272 g/mol. The van der Waals surface area contributed by atoms with Crippen LogP contribution in [0.15, 0.2) is 12.7 Å². The Labute approximate surface area is 114 Å². The summed E-state index contributed by atoms with van der Waals surface area (Å²) in [5.41, 5.74) is 0. The van der Waals surface area contributed by atoms with E-state index in [9.17, 15) is 9.59 Å². The van der Waals surface area contributed by atoms with Gasteiger partial charge in [-0.2, -0.15) is 0 Å². The minimum Gasteiger partial charge on any atom is -0.481 e. The number of urea groups is 1. The molecule has 0 bridgehead atoms. The van der Waals surface area contributed by atoms with E-state index >= 15 is 0 Å². The SMILES string of the molecule is C=CCN(CCOC)C(=O)NCC(C)CCC(=O)O. The Bertz CT molecular complexity index is 294. The third kappa shape index (κ3) is 9.07. The maximum atomic E-state index is 11.9. The molecule has 0 spiro atoms. The fourth-order valence-electron chi connectivity index (χ4n) is 1.48. The van der Waals surface area contributed by atoms with Crippen molar-refractivity contribution >= 4 is 12.0 Å². The van der Waals surface area contributed by atoms with Crippen LogP contribution in [-0.2, 0) is 9.53 Å². The molecule has 19 heavy (non-hydrogen) atoms. The Hall–Kier alpha value is -1.56. The van der Waals surface area contributed by atoms with Gasteiger partial charge in [0.2, 0.25) is 0 Å². The van der Waals surface area contributed by atoms with E-state index in [1.807, 2.05) is 6.92 Å². The number of methoxy groups -OCH3 is 1. The molecule has 0 heterocycles. The number of carboxylic acid groups (broad SMARTS) is 1. The summed E-state index contributed by atoms with van der Waals surface area (Å²) in [6.07, 6.45) is 2.33. The number of rotatable bonds is 10. The molecule has 0 saturated carbocycles. The highest BCUT2D eigenvalue weighted by Crippen LogP contribution is 2.04. The predicted octanol–water partition coefficient (Wildman–Crippen LogP) is 1.33. The Kier molecular flexibility index (Phi) is 9.52. The van der Waals surface area contributed by atoms with E-state index in [1.165, 1.54) is 0 Å². The van der Waals surface area contributed by atoms with Gasteiger partial charge in [-0.1, -0.05) is 13.0 Å². The normalized spacial score (nSPS) is 11.7. The summed E-state index contributed by atoms with van der Waals surface area (Å²) in [6.45, 7) is 7.41. The third-order valence-corrected chi connectivity index (χ3v) is 2.65. The number of carbonyl (C=O) groups excluding carboxylic acids is 1. The molecular weight excluding hydrogens is 248 g/mol. The molecule has 0 aliphatic carbocycles. The van der Waals surface area contributed by atoms with Gasteiger partial charge in [-0.3, -0.25) is 4.79 Å². The highest BCUT2D eigenvalue weighted by atomic mass is 16.5. The Morgan fingerprint density at radius 3 is 2.74 bits per heavy atom. The first-order chi connectivity index (χ1) is 9.01. The largest absolute Gasteiger partial charge is 0.481 e. The van der Waals surface area contributed by atoms with Crippen LogP contribution < -0.4 is 5.32 Å². The monoisotopic (exact) mass is 272 g/mol. The summed E-state index contributed by atoms with van der Waals surface area (Å²) in [5, 5.41) is 11.4. The van der Waals surface area contributed by atoms with E-state index in [1.54, 1.807) is 18.1 Å². The molecule has 6 nitrogen and oxygen atoms in total. The van der Waals surface area contributed by atoms with Crippen molar-refractivity contribution in [3.63, 3.8) is 0 Å². The van der Waals surface area contributed by atoms with E-state index < -0.39 is 5.97 Å². The fourth-order valence-corrected chi connectivity index (χ4v) is 1.48. The molecule has 2 N–H and O–H groups in total. The number of carbonyl (C=O) groups is 2. The molecular formula is C13H24N2O4. The highest BCUT2D eigenvalue weighted by molar-refractivity contribution is 5.74. The van der Waals surface area contributed by atoms with Gasteiger partial charge in [-0.05, 0) is 12.3 Å². The number of hydrogen-bond donors (Lipinski definition) is 2. The number of carboxylic acids is 1. The molecule has 6 heteroatoms. The number of nitrogens with one attached hydrogen (secondary N) is 1. The smallest absolute Gasteiger partial charge is 0.317 e. The zero-order chi connectivity index (χ0) is 14.7. The lowest BCUT2D eigenvalue weighted by molar-refractivity contribution is -0.137. The van der Waals surface area contributed by atoms with Crippen LogP contribution in [0.1, 0.15) is 19.8 Å². The average Bonchev–Trinajstić information content (AvgIpc) is 2.38. The van der Waals surface area contributed by atoms with Gasteiger partial charge in [0, 0.05) is 33.2 Å². The van der Waals surface area contributed by atoms with Crippen LogP contribution in [0.4, 0.5) is 4.79 Å². The number of aliphatic carboxylic acids is 1. The molecule has 110 valence electrons. The van der Waals surface area contributed by atoms with Crippen molar-refractivity contribution in [2.75, 3.05) is 33.4 Å². The summed E-state index contributed by atoms with van der Waals surface area (Å²) < 4.78 is 4.94. The quantitative estimate of drug-likeness (QED) is 0.588. The van der Waals surface area contributed by atoms with E-state index in [0.29, 0.717) is 32.7 Å². The summed E-state index contributed by atoms with van der Waals surface area (Å²) in [4.78, 5) is 23.9. The van der Waals surface area contributed by atoms with Gasteiger partial charge in [0.25, 0.3) is 0 Å². The maximum Gasteiger partial charge on any atom is 0.317 e. The van der Waals surface area contributed by atoms with E-state index in [-0.39, 0.29) is 18.4 Å². The lowest BCUT2D eigenvalue weighted by Crippen LogP contribution is -2.43. The Morgan fingerprint density at radius 1 is 1.53 bits per heavy atom. The molecule has 0 radical (unpaired) electrons. The Morgan fingerprint density at radius 2 is 2.21 bits per heavy atom. The first kappa shape index (κ1) is 17.4. The van der Waals surface area contributed by atoms with Crippen molar-refractivity contribution in [3.8, 4) is 0 Å². The molecule has 2 amide bonds. The summed E-state index contributed by atoms with van der Waals surface area (Å²) in [6, 6.07) is -0.181. The van der Waals surface area contributed by atoms with E-state index in [2.05, 4.69) is 11.9 Å². The number of amides is 2. The molecule has 0 saturated heterocycles. The first-order valence-corrected chi connectivity index (χ1v) is 6.35. The van der Waals surface area contributed by atoms with Gasteiger partial charge in [-0.25, -0.2) is 4.79 Å².